The quantitative estimate of drug-likeness (QED) is 0.780. The number of nitrogens with one attached hydrogen (secondary N) is 2. The Morgan fingerprint density at radius 3 is 2.60 bits per heavy atom. The van der Waals surface area contributed by atoms with Crippen LogP contribution in [0.4, 0.5) is 0 Å². The third-order valence-electron chi connectivity index (χ3n) is 2.62. The van der Waals surface area contributed by atoms with Crippen LogP contribution in [0, 0.1) is 0 Å². The summed E-state index contributed by atoms with van der Waals surface area (Å²) >= 11 is 5.75. The maximum Gasteiger partial charge on any atom is 0.271 e. The summed E-state index contributed by atoms with van der Waals surface area (Å²) in [6, 6.07) is 9.19. The Labute approximate surface area is 119 Å². The second kappa shape index (κ2) is 6.31. The summed E-state index contributed by atoms with van der Waals surface area (Å²) in [5.74, 6) is -0.478. The molecule has 0 saturated heterocycles. The number of nitrogens with zero attached hydrogens (tertiary/aromatic N) is 1. The molecule has 0 aliphatic carbocycles. The normalized spacial score (nSPS) is 11.9. The number of hydrogen-bond donors (Lipinski definition) is 3. The highest BCUT2D eigenvalue weighted by atomic mass is 35.5. The standard InChI is InChI=1S/C13H12ClN3O3/c14-9-3-1-8(2-4-9)11(18)7-15-13(20)10-5-6-12(19)17-16-10/h1-6,11,18H,7H2,(H,15,20)(H,17,19)/t11-/m0/s1. The zero-order valence-corrected chi connectivity index (χ0v) is 11.1. The molecule has 2 aromatic rings. The van der Waals surface area contributed by atoms with Gasteiger partial charge in [0.1, 0.15) is 5.69 Å². The number of H-pyrrole nitrogens is 1. The second-order valence-corrected chi connectivity index (χ2v) is 4.52. The topological polar surface area (TPSA) is 95.1 Å². The molecule has 1 aromatic carbocycles. The van der Waals surface area contributed by atoms with Crippen molar-refractivity contribution in [3.05, 3.63) is 63.0 Å². The highest BCUT2D eigenvalue weighted by Crippen LogP contribution is 2.15. The molecule has 1 heterocycles. The minimum absolute atomic E-state index is 0.0290. The first-order chi connectivity index (χ1) is 9.56. The van der Waals surface area contributed by atoms with E-state index in [0.29, 0.717) is 10.6 Å². The van der Waals surface area contributed by atoms with Crippen LogP contribution in [-0.4, -0.2) is 27.8 Å². The lowest BCUT2D eigenvalue weighted by atomic mass is 10.1. The molecule has 2 rings (SSSR count). The van der Waals surface area contributed by atoms with Crippen molar-refractivity contribution in [2.24, 2.45) is 0 Å². The Morgan fingerprint density at radius 2 is 2.00 bits per heavy atom. The van der Waals surface area contributed by atoms with E-state index in [1.165, 1.54) is 12.1 Å². The van der Waals surface area contributed by atoms with Crippen LogP contribution in [-0.2, 0) is 0 Å². The number of aromatic nitrogens is 2. The van der Waals surface area contributed by atoms with Crippen molar-refractivity contribution >= 4 is 17.5 Å². The summed E-state index contributed by atoms with van der Waals surface area (Å²) in [4.78, 5) is 22.5. The lowest BCUT2D eigenvalue weighted by Crippen LogP contribution is -2.29. The number of halogens is 1. The summed E-state index contributed by atoms with van der Waals surface area (Å²) in [5, 5.41) is 18.8. The molecule has 0 fully saturated rings. The molecule has 0 radical (unpaired) electrons. The van der Waals surface area contributed by atoms with Crippen molar-refractivity contribution < 1.29 is 9.90 Å². The van der Waals surface area contributed by atoms with E-state index in [2.05, 4.69) is 15.5 Å². The molecule has 6 nitrogen and oxygen atoms in total. The first kappa shape index (κ1) is 14.2. The van der Waals surface area contributed by atoms with Gasteiger partial charge < -0.3 is 10.4 Å². The first-order valence-corrected chi connectivity index (χ1v) is 6.21. The molecule has 0 bridgehead atoms. The Hall–Kier alpha value is -2.18. The average Bonchev–Trinajstić information content (AvgIpc) is 2.46. The summed E-state index contributed by atoms with van der Waals surface area (Å²) in [6.07, 6.45) is -0.848. The lowest BCUT2D eigenvalue weighted by Gasteiger charge is -2.12. The largest absolute Gasteiger partial charge is 0.387 e. The molecule has 104 valence electrons. The number of aromatic amines is 1. The molecule has 7 heteroatoms. The van der Waals surface area contributed by atoms with Crippen molar-refractivity contribution in [3.63, 3.8) is 0 Å². The molecule has 20 heavy (non-hydrogen) atoms. The molecule has 3 N–H and O–H groups in total. The number of benzene rings is 1. The van der Waals surface area contributed by atoms with Gasteiger partial charge in [-0.05, 0) is 23.8 Å². The monoisotopic (exact) mass is 293 g/mol. The van der Waals surface area contributed by atoms with Gasteiger partial charge in [0.2, 0.25) is 0 Å². The molecule has 0 unspecified atom stereocenters. The molecular formula is C13H12ClN3O3. The highest BCUT2D eigenvalue weighted by molar-refractivity contribution is 6.30. The van der Waals surface area contributed by atoms with Gasteiger partial charge in [-0.1, -0.05) is 23.7 Å². The fourth-order valence-corrected chi connectivity index (χ4v) is 1.68. The van der Waals surface area contributed by atoms with Crippen LogP contribution in [0.3, 0.4) is 0 Å². The van der Waals surface area contributed by atoms with E-state index in [4.69, 9.17) is 11.6 Å². The Bertz CT molecular complexity index is 634. The zero-order valence-electron chi connectivity index (χ0n) is 10.3. The van der Waals surface area contributed by atoms with Crippen LogP contribution in [0.1, 0.15) is 22.2 Å². The number of carbonyl (C=O) groups is 1. The number of hydrogen-bond acceptors (Lipinski definition) is 4. The minimum atomic E-state index is -0.848. The van der Waals surface area contributed by atoms with Gasteiger partial charge in [-0.3, -0.25) is 9.59 Å². The number of rotatable bonds is 4. The fraction of sp³-hybridized carbons (Fsp3) is 0.154. The van der Waals surface area contributed by atoms with Crippen LogP contribution in [0.25, 0.3) is 0 Å². The molecular weight excluding hydrogens is 282 g/mol. The van der Waals surface area contributed by atoms with E-state index < -0.39 is 12.0 Å². The fourth-order valence-electron chi connectivity index (χ4n) is 1.55. The van der Waals surface area contributed by atoms with Crippen molar-refractivity contribution in [1.82, 2.24) is 15.5 Å². The maximum absolute atomic E-state index is 11.7. The van der Waals surface area contributed by atoms with Crippen LogP contribution >= 0.6 is 11.6 Å². The third-order valence-corrected chi connectivity index (χ3v) is 2.87. The number of carbonyl (C=O) groups excluding carboxylic acids is 1. The van der Waals surface area contributed by atoms with Gasteiger partial charge >= 0.3 is 0 Å². The maximum atomic E-state index is 11.7. The van der Waals surface area contributed by atoms with E-state index >= 15 is 0 Å². The minimum Gasteiger partial charge on any atom is -0.387 e. The van der Waals surface area contributed by atoms with Gasteiger partial charge in [-0.2, -0.15) is 5.10 Å². The van der Waals surface area contributed by atoms with E-state index in [1.54, 1.807) is 24.3 Å². The van der Waals surface area contributed by atoms with E-state index in [-0.39, 0.29) is 17.8 Å². The second-order valence-electron chi connectivity index (χ2n) is 4.08. The number of amides is 1. The molecule has 0 saturated carbocycles. The number of aliphatic hydroxyl groups is 1. The molecule has 1 atom stereocenters. The zero-order chi connectivity index (χ0) is 14.5. The van der Waals surface area contributed by atoms with Gasteiger partial charge in [0, 0.05) is 17.6 Å². The van der Waals surface area contributed by atoms with Gasteiger partial charge in [0.25, 0.3) is 11.5 Å². The average molecular weight is 294 g/mol. The number of aliphatic hydroxyl groups excluding tert-OH is 1. The Kier molecular flexibility index (Phi) is 4.49. The molecule has 1 amide bonds. The molecule has 0 aliphatic rings. The molecule has 0 aliphatic heterocycles. The van der Waals surface area contributed by atoms with Crippen LogP contribution in [0.2, 0.25) is 5.02 Å². The summed E-state index contributed by atoms with van der Waals surface area (Å²) in [5.41, 5.74) is 0.333. The SMILES string of the molecule is O=C(NC[C@H](O)c1ccc(Cl)cc1)c1ccc(=O)[nH]n1. The Balaban J connectivity index is 1.94. The van der Waals surface area contributed by atoms with Crippen molar-refractivity contribution in [2.75, 3.05) is 6.54 Å². The van der Waals surface area contributed by atoms with Crippen LogP contribution < -0.4 is 10.9 Å². The van der Waals surface area contributed by atoms with Gasteiger partial charge in [0.05, 0.1) is 6.10 Å². The summed E-state index contributed by atoms with van der Waals surface area (Å²) < 4.78 is 0. The van der Waals surface area contributed by atoms with E-state index in [9.17, 15) is 14.7 Å². The van der Waals surface area contributed by atoms with Crippen molar-refractivity contribution in [3.8, 4) is 0 Å². The van der Waals surface area contributed by atoms with Crippen LogP contribution in [0.5, 0.6) is 0 Å². The molecule has 0 spiro atoms. The first-order valence-electron chi connectivity index (χ1n) is 5.84. The van der Waals surface area contributed by atoms with Gasteiger partial charge in [-0.15, -0.1) is 0 Å². The van der Waals surface area contributed by atoms with Crippen LogP contribution in [0.15, 0.2) is 41.2 Å². The predicted octanol–water partition coefficient (Wildman–Crippen LogP) is 0.887. The third kappa shape index (κ3) is 3.66. The lowest BCUT2D eigenvalue weighted by molar-refractivity contribution is 0.0910. The van der Waals surface area contributed by atoms with Crippen molar-refractivity contribution in [2.45, 2.75) is 6.10 Å². The summed E-state index contributed by atoms with van der Waals surface area (Å²) in [7, 11) is 0. The highest BCUT2D eigenvalue weighted by Gasteiger charge is 2.11. The smallest absolute Gasteiger partial charge is 0.271 e. The van der Waals surface area contributed by atoms with Gasteiger partial charge in [0.15, 0.2) is 0 Å². The summed E-state index contributed by atoms with van der Waals surface area (Å²) in [6.45, 7) is 0.0290. The van der Waals surface area contributed by atoms with E-state index in [1.807, 2.05) is 0 Å². The predicted molar refractivity (Wildman–Crippen MR) is 73.6 cm³/mol. The van der Waals surface area contributed by atoms with E-state index in [0.717, 1.165) is 0 Å². The van der Waals surface area contributed by atoms with Crippen molar-refractivity contribution in [1.29, 1.82) is 0 Å². The van der Waals surface area contributed by atoms with Gasteiger partial charge in [-0.25, -0.2) is 5.10 Å². The molecule has 1 aromatic heterocycles. The Morgan fingerprint density at radius 1 is 1.30 bits per heavy atom.